The Labute approximate surface area is 116 Å². The van der Waals surface area contributed by atoms with Crippen LogP contribution in [0.3, 0.4) is 0 Å². The van der Waals surface area contributed by atoms with Crippen LogP contribution in [0.4, 0.5) is 5.82 Å². The predicted octanol–water partition coefficient (Wildman–Crippen LogP) is 3.19. The number of benzene rings is 1. The van der Waals surface area contributed by atoms with E-state index in [-0.39, 0.29) is 5.91 Å². The van der Waals surface area contributed by atoms with Crippen molar-refractivity contribution in [2.24, 2.45) is 0 Å². The van der Waals surface area contributed by atoms with Crippen LogP contribution >= 0.6 is 0 Å². The summed E-state index contributed by atoms with van der Waals surface area (Å²) in [5, 5.41) is 4.63. The van der Waals surface area contributed by atoms with Crippen LogP contribution in [0.5, 0.6) is 0 Å². The fourth-order valence-electron chi connectivity index (χ4n) is 2.08. The van der Waals surface area contributed by atoms with Gasteiger partial charge in [-0.3, -0.25) is 9.78 Å². The lowest BCUT2D eigenvalue weighted by atomic mass is 10.1. The van der Waals surface area contributed by atoms with E-state index >= 15 is 0 Å². The lowest BCUT2D eigenvalue weighted by Gasteiger charge is -2.08. The maximum absolute atomic E-state index is 12.4. The van der Waals surface area contributed by atoms with Gasteiger partial charge >= 0.3 is 0 Å². The molecule has 2 aromatic heterocycles. The first kappa shape index (κ1) is 12.3. The van der Waals surface area contributed by atoms with Crippen LogP contribution in [0, 0.1) is 6.92 Å². The molecule has 0 spiro atoms. The van der Waals surface area contributed by atoms with E-state index in [2.05, 4.69) is 15.3 Å². The fraction of sp³-hybridized carbons (Fsp3) is 0.0625. The second kappa shape index (κ2) is 5.09. The molecule has 1 amide bonds. The summed E-state index contributed by atoms with van der Waals surface area (Å²) in [7, 11) is 0. The third-order valence-electron chi connectivity index (χ3n) is 3.13. The van der Waals surface area contributed by atoms with Crippen LogP contribution in [0.2, 0.25) is 0 Å². The van der Waals surface area contributed by atoms with Crippen LogP contribution in [0.1, 0.15) is 16.1 Å². The molecule has 0 atom stereocenters. The predicted molar refractivity (Wildman–Crippen MR) is 78.7 cm³/mol. The van der Waals surface area contributed by atoms with E-state index in [4.69, 9.17) is 0 Å². The highest BCUT2D eigenvalue weighted by Crippen LogP contribution is 2.18. The number of nitrogens with one attached hydrogen (secondary N) is 1. The summed E-state index contributed by atoms with van der Waals surface area (Å²) in [6.45, 7) is 1.90. The molecule has 3 rings (SSSR count). The van der Waals surface area contributed by atoms with Gasteiger partial charge in [0.2, 0.25) is 0 Å². The molecule has 0 unspecified atom stereocenters. The van der Waals surface area contributed by atoms with Gasteiger partial charge in [0.15, 0.2) is 0 Å². The highest BCUT2D eigenvalue weighted by molar-refractivity contribution is 6.11. The molecule has 0 fully saturated rings. The zero-order chi connectivity index (χ0) is 13.9. The van der Waals surface area contributed by atoms with Crippen LogP contribution in [-0.2, 0) is 0 Å². The summed E-state index contributed by atoms with van der Waals surface area (Å²) in [5.74, 6) is 0.316. The summed E-state index contributed by atoms with van der Waals surface area (Å²) < 4.78 is 0. The Morgan fingerprint density at radius 2 is 1.85 bits per heavy atom. The van der Waals surface area contributed by atoms with Crippen LogP contribution in [0.15, 0.2) is 54.9 Å². The summed E-state index contributed by atoms with van der Waals surface area (Å²) in [6.07, 6.45) is 3.29. The highest BCUT2D eigenvalue weighted by Gasteiger charge is 2.12. The first-order chi connectivity index (χ1) is 9.75. The Bertz CT molecular complexity index is 778. The summed E-state index contributed by atoms with van der Waals surface area (Å²) >= 11 is 0. The van der Waals surface area contributed by atoms with Crippen LogP contribution in [0.25, 0.3) is 10.8 Å². The number of aryl methyl sites for hydroxylation is 1. The normalized spacial score (nSPS) is 10.4. The van der Waals surface area contributed by atoms with Gasteiger partial charge in [-0.15, -0.1) is 0 Å². The second-order valence-electron chi connectivity index (χ2n) is 4.50. The van der Waals surface area contributed by atoms with Crippen LogP contribution in [-0.4, -0.2) is 15.9 Å². The van der Waals surface area contributed by atoms with E-state index in [1.54, 1.807) is 12.4 Å². The maximum atomic E-state index is 12.4. The molecule has 0 saturated carbocycles. The molecule has 2 heterocycles. The van der Waals surface area contributed by atoms with E-state index < -0.39 is 0 Å². The van der Waals surface area contributed by atoms with E-state index in [9.17, 15) is 4.79 Å². The van der Waals surface area contributed by atoms with Gasteiger partial charge in [0.1, 0.15) is 11.5 Å². The largest absolute Gasteiger partial charge is 0.305 e. The lowest BCUT2D eigenvalue weighted by Crippen LogP contribution is -2.15. The molecule has 0 saturated heterocycles. The van der Waals surface area contributed by atoms with Gasteiger partial charge in [0, 0.05) is 17.8 Å². The first-order valence-corrected chi connectivity index (χ1v) is 6.32. The second-order valence-corrected chi connectivity index (χ2v) is 4.50. The van der Waals surface area contributed by atoms with Crippen molar-refractivity contribution >= 4 is 22.5 Å². The van der Waals surface area contributed by atoms with Crippen molar-refractivity contribution in [3.63, 3.8) is 0 Å². The molecule has 1 aromatic carbocycles. The smallest absolute Gasteiger partial charge is 0.276 e. The van der Waals surface area contributed by atoms with Crippen molar-refractivity contribution in [3.8, 4) is 0 Å². The van der Waals surface area contributed by atoms with Gasteiger partial charge in [-0.25, -0.2) is 4.98 Å². The summed E-state index contributed by atoms with van der Waals surface area (Å²) in [4.78, 5) is 20.7. The quantitative estimate of drug-likeness (QED) is 0.772. The Kier molecular flexibility index (Phi) is 3.13. The number of rotatable bonds is 2. The third kappa shape index (κ3) is 2.23. The highest BCUT2D eigenvalue weighted by atomic mass is 16.1. The molecule has 0 aliphatic heterocycles. The number of amides is 1. The standard InChI is InChI=1S/C16H13N3O/c1-11-5-4-9-18-15(11)19-16(20)14-13-7-3-2-6-12(13)8-10-17-14/h2-10H,1H3,(H,18,19,20). The molecular weight excluding hydrogens is 250 g/mol. The zero-order valence-corrected chi connectivity index (χ0v) is 11.0. The minimum Gasteiger partial charge on any atom is -0.305 e. The van der Waals surface area contributed by atoms with E-state index in [1.165, 1.54) is 0 Å². The maximum Gasteiger partial charge on any atom is 0.276 e. The fourth-order valence-corrected chi connectivity index (χ4v) is 2.08. The number of fused-ring (bicyclic) bond motifs is 1. The van der Waals surface area contributed by atoms with Crippen molar-refractivity contribution in [1.29, 1.82) is 0 Å². The number of hydrogen-bond donors (Lipinski definition) is 1. The Morgan fingerprint density at radius 1 is 1.00 bits per heavy atom. The molecule has 20 heavy (non-hydrogen) atoms. The van der Waals surface area contributed by atoms with Gasteiger partial charge < -0.3 is 5.32 Å². The molecular formula is C16H13N3O. The third-order valence-corrected chi connectivity index (χ3v) is 3.13. The summed E-state index contributed by atoms with van der Waals surface area (Å²) in [6, 6.07) is 13.3. The van der Waals surface area contributed by atoms with Gasteiger partial charge in [0.05, 0.1) is 0 Å². The number of hydrogen-bond acceptors (Lipinski definition) is 3. The zero-order valence-electron chi connectivity index (χ0n) is 11.0. The molecule has 1 N–H and O–H groups in total. The van der Waals surface area contributed by atoms with Gasteiger partial charge in [-0.05, 0) is 30.0 Å². The molecule has 4 nitrogen and oxygen atoms in total. The lowest BCUT2D eigenvalue weighted by molar-refractivity contribution is 0.102. The SMILES string of the molecule is Cc1cccnc1NC(=O)c1nccc2ccccc12. The number of aromatic nitrogens is 2. The van der Waals surface area contributed by atoms with Crippen molar-refractivity contribution in [2.45, 2.75) is 6.92 Å². The van der Waals surface area contributed by atoms with Gasteiger partial charge in [-0.2, -0.15) is 0 Å². The molecule has 98 valence electrons. The van der Waals surface area contributed by atoms with Crippen LogP contribution < -0.4 is 5.32 Å². The van der Waals surface area contributed by atoms with E-state index in [0.29, 0.717) is 11.5 Å². The Balaban J connectivity index is 1.99. The van der Waals surface area contributed by atoms with Crippen molar-refractivity contribution in [2.75, 3.05) is 5.32 Å². The summed E-state index contributed by atoms with van der Waals surface area (Å²) in [5.41, 5.74) is 1.33. The molecule has 3 aromatic rings. The minimum absolute atomic E-state index is 0.247. The number of pyridine rings is 2. The van der Waals surface area contributed by atoms with Crippen molar-refractivity contribution in [1.82, 2.24) is 9.97 Å². The van der Waals surface area contributed by atoms with Crippen molar-refractivity contribution in [3.05, 3.63) is 66.1 Å². The van der Waals surface area contributed by atoms with Crippen molar-refractivity contribution < 1.29 is 4.79 Å². The number of anilines is 1. The average Bonchev–Trinajstić information content (AvgIpc) is 2.49. The van der Waals surface area contributed by atoms with E-state index in [1.807, 2.05) is 49.4 Å². The molecule has 0 bridgehead atoms. The Morgan fingerprint density at radius 3 is 2.70 bits per heavy atom. The van der Waals surface area contributed by atoms with E-state index in [0.717, 1.165) is 16.3 Å². The number of nitrogens with zero attached hydrogens (tertiary/aromatic N) is 2. The molecule has 0 aliphatic rings. The molecule has 0 aliphatic carbocycles. The number of carbonyl (C=O) groups is 1. The van der Waals surface area contributed by atoms with Gasteiger partial charge in [-0.1, -0.05) is 30.3 Å². The first-order valence-electron chi connectivity index (χ1n) is 6.32. The molecule has 4 heteroatoms. The minimum atomic E-state index is -0.247. The monoisotopic (exact) mass is 263 g/mol. The Hall–Kier alpha value is -2.75. The molecule has 0 radical (unpaired) electrons. The topological polar surface area (TPSA) is 54.9 Å². The number of carbonyl (C=O) groups excluding carboxylic acids is 1. The average molecular weight is 263 g/mol. The van der Waals surface area contributed by atoms with Gasteiger partial charge in [0.25, 0.3) is 5.91 Å².